The Kier molecular flexibility index (Phi) is 10.8. The van der Waals surface area contributed by atoms with Gasteiger partial charge in [0.25, 0.3) is 0 Å². The zero-order chi connectivity index (χ0) is 25.0. The van der Waals surface area contributed by atoms with E-state index in [2.05, 4.69) is 79.7 Å². The number of hydrogen-bond donors (Lipinski definition) is 0. The Morgan fingerprint density at radius 2 is 0.938 bits per heavy atom. The van der Waals surface area contributed by atoms with Crippen molar-refractivity contribution >= 4 is 19.5 Å². The molecular formula is C28H42O2STi. The van der Waals surface area contributed by atoms with Gasteiger partial charge in [-0.3, -0.25) is 0 Å². The van der Waals surface area contributed by atoms with Gasteiger partial charge >= 0.3 is 161 Å². The molecule has 0 aromatic heterocycles. The quantitative estimate of drug-likeness (QED) is 0.421. The summed E-state index contributed by atoms with van der Waals surface area (Å²) in [5, 5.41) is 19.1. The normalized spacial score (nSPS) is 12.5. The van der Waals surface area contributed by atoms with Gasteiger partial charge in [-0.1, -0.05) is 27.7 Å². The Morgan fingerprint density at radius 3 is 1.19 bits per heavy atom. The summed E-state index contributed by atoms with van der Waals surface area (Å²) in [5.74, 6) is 0. The molecule has 2 aromatic carbocycles. The molecule has 0 saturated heterocycles. The molecule has 1 aliphatic rings. The maximum absolute atomic E-state index is 9.53. The molecule has 0 unspecified atom stereocenters. The molecule has 176 valence electrons. The van der Waals surface area contributed by atoms with Crippen LogP contribution in [-0.2, 0) is 30.0 Å². The minimum absolute atomic E-state index is 0.213. The van der Waals surface area contributed by atoms with Crippen molar-refractivity contribution in [3.63, 3.8) is 0 Å². The molecule has 0 saturated carbocycles. The molecule has 2 aromatic rings. The first-order valence-corrected chi connectivity index (χ1v) is 13.9. The zero-order valence-electron chi connectivity index (χ0n) is 22.2. The maximum atomic E-state index is 9.53. The van der Waals surface area contributed by atoms with Crippen molar-refractivity contribution in [1.29, 1.82) is 0 Å². The van der Waals surface area contributed by atoms with Gasteiger partial charge in [-0.25, -0.2) is 0 Å². The minimum atomic E-state index is -0.417. The van der Waals surface area contributed by atoms with Gasteiger partial charge in [0.05, 0.1) is 0 Å². The monoisotopic (exact) mass is 490 g/mol. The molecule has 0 amide bonds. The Hall–Kier alpha value is -0.576. The van der Waals surface area contributed by atoms with E-state index in [-0.39, 0.29) is 30.0 Å². The summed E-state index contributed by atoms with van der Waals surface area (Å²) in [5.41, 5.74) is 6.34. The van der Waals surface area contributed by atoms with Gasteiger partial charge in [-0.05, 0) is 0 Å². The average molecular weight is 491 g/mol. The number of aryl methyl sites for hydroxylation is 2. The van der Waals surface area contributed by atoms with Gasteiger partial charge in [0.2, 0.25) is 0 Å². The topological polar surface area (TPSA) is 46.1 Å². The van der Waals surface area contributed by atoms with E-state index >= 15 is 0 Å². The summed E-state index contributed by atoms with van der Waals surface area (Å²) < 4.78 is 3.33. The molecule has 2 nitrogen and oxygen atoms in total. The summed E-state index contributed by atoms with van der Waals surface area (Å²) in [7, 11) is 0. The van der Waals surface area contributed by atoms with Gasteiger partial charge in [-0.2, -0.15) is 0 Å². The van der Waals surface area contributed by atoms with Crippen LogP contribution < -0.4 is 17.9 Å². The molecule has 4 heteroatoms. The van der Waals surface area contributed by atoms with Crippen LogP contribution in [0.1, 0.15) is 91.5 Å². The molecule has 0 fully saturated rings. The number of fused-ring (bicyclic) bond motifs is 2. The fraction of sp³-hybridized carbons (Fsp3) is 0.571. The molecule has 0 atom stereocenters. The summed E-state index contributed by atoms with van der Waals surface area (Å²) in [6.07, 6.45) is -0.833. The predicted octanol–water partition coefficient (Wildman–Crippen LogP) is 4.91. The van der Waals surface area contributed by atoms with Crippen LogP contribution in [-0.4, -0.2) is 12.2 Å². The predicted molar refractivity (Wildman–Crippen MR) is 133 cm³/mol. The molecule has 1 heterocycles. The third-order valence-corrected chi connectivity index (χ3v) is 8.69. The first-order chi connectivity index (χ1) is 14.4. The number of benzene rings is 2. The third-order valence-electron chi connectivity index (χ3n) is 4.58. The summed E-state index contributed by atoms with van der Waals surface area (Å²) in [4.78, 5) is 3.02. The van der Waals surface area contributed by atoms with Crippen LogP contribution in [0.15, 0.2) is 34.1 Å². The average Bonchev–Trinajstić information content (AvgIpc) is 2.56. The van der Waals surface area contributed by atoms with Gasteiger partial charge in [-0.15, -0.1) is 12.2 Å². The Balaban J connectivity index is 0.000000554. The second-order valence-corrected chi connectivity index (χ2v) is 14.2. The van der Waals surface area contributed by atoms with Crippen molar-refractivity contribution < 1.29 is 29.4 Å². The molecule has 32 heavy (non-hydrogen) atoms. The van der Waals surface area contributed by atoms with Crippen molar-refractivity contribution in [2.45, 2.75) is 116 Å². The first-order valence-electron chi connectivity index (χ1n) is 11.5. The van der Waals surface area contributed by atoms with Gasteiger partial charge in [0, 0.05) is 0 Å². The van der Waals surface area contributed by atoms with Gasteiger partial charge in [0.15, 0.2) is 0 Å². The van der Waals surface area contributed by atoms with E-state index in [1.165, 1.54) is 20.9 Å². The van der Waals surface area contributed by atoms with Crippen molar-refractivity contribution in [2.75, 3.05) is 0 Å². The van der Waals surface area contributed by atoms with Crippen molar-refractivity contribution in [1.82, 2.24) is 0 Å². The van der Waals surface area contributed by atoms with Crippen LogP contribution in [0, 0.1) is 13.8 Å². The molecule has 0 aliphatic carbocycles. The second-order valence-electron chi connectivity index (χ2n) is 11.2. The van der Waals surface area contributed by atoms with Crippen LogP contribution in [0.5, 0.6) is 0 Å². The van der Waals surface area contributed by atoms with Crippen LogP contribution in [0.4, 0.5) is 0 Å². The van der Waals surface area contributed by atoms with Crippen LogP contribution in [0.3, 0.4) is 0 Å². The summed E-state index contributed by atoms with van der Waals surface area (Å²) in [6, 6.07) is 9.67. The summed E-state index contributed by atoms with van der Waals surface area (Å²) >= 11 is 1.69. The van der Waals surface area contributed by atoms with Gasteiger partial charge < -0.3 is 10.2 Å². The Morgan fingerprint density at radius 1 is 0.656 bits per heavy atom. The fourth-order valence-corrected chi connectivity index (χ4v) is 8.22. The first kappa shape index (κ1) is 29.5. The Bertz CT molecular complexity index is 824. The SMILES string of the molecule is CC(C)[O-].CC(C)[O-].Cc1cc2[c](c(C(C)(C)C)c1)[Ti+2][c]1c(cc(C)cc1C(C)(C)C)S2. The molecule has 0 bridgehead atoms. The molecule has 0 radical (unpaired) electrons. The standard InChI is InChI=1S/C22H28S.2C3H7O.Ti/c1-15-9-17(21(3,4)5)13-19(11-15)23-20-12-16(2)10-18(14-20)22(6,7)8;2*1-3(2)4;/h9-12H,1-8H3;2*3H,1-2H3;/q;2*-1;+2. The van der Waals surface area contributed by atoms with E-state index in [4.69, 9.17) is 0 Å². The van der Waals surface area contributed by atoms with E-state index in [1.54, 1.807) is 46.6 Å². The third kappa shape index (κ3) is 8.99. The van der Waals surface area contributed by atoms with Crippen molar-refractivity contribution in [2.24, 2.45) is 0 Å². The van der Waals surface area contributed by atoms with Gasteiger partial charge in [0.1, 0.15) is 0 Å². The molecule has 0 spiro atoms. The second kappa shape index (κ2) is 11.7. The summed E-state index contributed by atoms with van der Waals surface area (Å²) in [6.45, 7) is 25.1. The Labute approximate surface area is 210 Å². The zero-order valence-corrected chi connectivity index (χ0v) is 24.6. The van der Waals surface area contributed by atoms with E-state index in [0.29, 0.717) is 0 Å². The number of rotatable bonds is 0. The van der Waals surface area contributed by atoms with Crippen molar-refractivity contribution in [3.8, 4) is 0 Å². The van der Waals surface area contributed by atoms with E-state index < -0.39 is 12.2 Å². The van der Waals surface area contributed by atoms with E-state index in [0.717, 1.165) is 0 Å². The van der Waals surface area contributed by atoms with Crippen LogP contribution in [0.2, 0.25) is 0 Å². The van der Waals surface area contributed by atoms with Crippen LogP contribution in [0.25, 0.3) is 0 Å². The molecule has 0 N–H and O–H groups in total. The number of hydrogen-bond acceptors (Lipinski definition) is 3. The van der Waals surface area contributed by atoms with Crippen LogP contribution >= 0.6 is 11.8 Å². The molecule has 1 aliphatic heterocycles. The van der Waals surface area contributed by atoms with E-state index in [9.17, 15) is 10.2 Å². The fourth-order valence-electron chi connectivity index (χ4n) is 3.35. The molecule has 3 rings (SSSR count). The molecular weight excluding hydrogens is 448 g/mol. The van der Waals surface area contributed by atoms with Crippen molar-refractivity contribution in [3.05, 3.63) is 46.5 Å². The van der Waals surface area contributed by atoms with E-state index in [1.807, 2.05) is 11.8 Å².